The number of rotatable bonds is 5. The number of ether oxygens (including phenoxy) is 1. The van der Waals surface area contributed by atoms with Gasteiger partial charge in [-0.05, 0) is 18.2 Å². The quantitative estimate of drug-likeness (QED) is 0.392. The average molecular weight is 289 g/mol. The molecule has 7 nitrogen and oxygen atoms in total. The first-order valence-electron chi connectivity index (χ1n) is 5.93. The third-order valence-corrected chi connectivity index (χ3v) is 2.62. The molecule has 0 aliphatic carbocycles. The van der Waals surface area contributed by atoms with Crippen molar-refractivity contribution in [2.24, 2.45) is 0 Å². The molecule has 0 aromatic heterocycles. The zero-order valence-corrected chi connectivity index (χ0v) is 10.8. The summed E-state index contributed by atoms with van der Waals surface area (Å²) in [5, 5.41) is 18.9. The van der Waals surface area contributed by atoms with E-state index < -0.39 is 11.1 Å². The summed E-state index contributed by atoms with van der Waals surface area (Å²) < 4.78 is 5.14. The van der Waals surface area contributed by atoms with Gasteiger partial charge in [0.05, 0.1) is 0 Å². The van der Waals surface area contributed by atoms with Gasteiger partial charge in [0.1, 0.15) is 23.7 Å². The number of para-hydroxylation sites is 2. The van der Waals surface area contributed by atoms with E-state index in [1.807, 2.05) is 0 Å². The summed E-state index contributed by atoms with van der Waals surface area (Å²) in [6, 6.07) is 12.2. The number of phenols is 1. The number of nitrogens with zero attached hydrogens (tertiary/aromatic N) is 1. The average Bonchev–Trinajstić information content (AvgIpc) is 2.46. The van der Waals surface area contributed by atoms with Crippen molar-refractivity contribution < 1.29 is 24.6 Å². The number of aromatic hydroxyl groups is 1. The lowest BCUT2D eigenvalue weighted by Gasteiger charge is -2.09. The van der Waals surface area contributed by atoms with Crippen LogP contribution >= 0.6 is 0 Å². The third-order valence-electron chi connectivity index (χ3n) is 2.62. The highest BCUT2D eigenvalue weighted by molar-refractivity contribution is 5.93. The molecule has 108 valence electrons. The largest absolute Gasteiger partial charge is 0.507 e. The topological polar surface area (TPSA) is 98.9 Å². The Balaban J connectivity index is 2.18. The van der Waals surface area contributed by atoms with Gasteiger partial charge in [-0.2, -0.15) is 0 Å². The van der Waals surface area contributed by atoms with Crippen LogP contribution in [0, 0.1) is 10.1 Å². The monoisotopic (exact) mass is 289 g/mol. The Hall–Kier alpha value is -3.09. The Kier molecular flexibility index (Phi) is 4.35. The summed E-state index contributed by atoms with van der Waals surface area (Å²) in [6.45, 7) is -0.336. The normalized spacial score (nSPS) is 9.90. The molecule has 7 heteroatoms. The second kappa shape index (κ2) is 6.38. The summed E-state index contributed by atoms with van der Waals surface area (Å²) >= 11 is 0. The van der Waals surface area contributed by atoms with Gasteiger partial charge in [0, 0.05) is 5.56 Å². The number of esters is 1. The Labute approximate surface area is 119 Å². The van der Waals surface area contributed by atoms with Gasteiger partial charge in [0.15, 0.2) is 0 Å². The van der Waals surface area contributed by atoms with Crippen molar-refractivity contribution in [1.29, 1.82) is 0 Å². The molecule has 0 saturated heterocycles. The van der Waals surface area contributed by atoms with Crippen molar-refractivity contribution in [3.63, 3.8) is 0 Å². The van der Waals surface area contributed by atoms with Gasteiger partial charge in [0.2, 0.25) is 0 Å². The molecule has 21 heavy (non-hydrogen) atoms. The first-order valence-corrected chi connectivity index (χ1v) is 5.93. The van der Waals surface area contributed by atoms with Gasteiger partial charge in [-0.1, -0.05) is 30.3 Å². The van der Waals surface area contributed by atoms with E-state index in [4.69, 9.17) is 4.74 Å². The highest BCUT2D eigenvalue weighted by Crippen LogP contribution is 2.23. The molecule has 0 amide bonds. The van der Waals surface area contributed by atoms with Crippen molar-refractivity contribution in [2.75, 3.05) is 0 Å². The van der Waals surface area contributed by atoms with Gasteiger partial charge in [-0.25, -0.2) is 4.79 Å². The van der Waals surface area contributed by atoms with Gasteiger partial charge in [-0.3, -0.25) is 0 Å². The molecular formula is C14H11NO6. The minimum absolute atomic E-state index is 0.00231. The van der Waals surface area contributed by atoms with E-state index >= 15 is 0 Å². The van der Waals surface area contributed by atoms with E-state index in [9.17, 15) is 20.0 Å². The molecule has 0 aliphatic heterocycles. The Morgan fingerprint density at radius 2 is 1.81 bits per heavy atom. The van der Waals surface area contributed by atoms with Gasteiger partial charge in [0.25, 0.3) is 5.09 Å². The van der Waals surface area contributed by atoms with Gasteiger partial charge in [-0.15, -0.1) is 10.1 Å². The molecular weight excluding hydrogens is 278 g/mol. The molecule has 2 rings (SSSR count). The smallest absolute Gasteiger partial charge is 0.347 e. The highest BCUT2D eigenvalue weighted by atomic mass is 16.9. The number of carbonyl (C=O) groups excluding carboxylic acids is 1. The van der Waals surface area contributed by atoms with Crippen LogP contribution in [0.2, 0.25) is 0 Å². The van der Waals surface area contributed by atoms with E-state index in [1.54, 1.807) is 24.3 Å². The van der Waals surface area contributed by atoms with Crippen LogP contribution in [0.3, 0.4) is 0 Å². The molecule has 0 saturated carbocycles. The number of phenolic OH excluding ortho intramolecular Hbond substituents is 1. The number of benzene rings is 2. The Morgan fingerprint density at radius 3 is 2.52 bits per heavy atom. The number of hydrogen-bond donors (Lipinski definition) is 1. The fraction of sp³-hybridized carbons (Fsp3) is 0.0714. The summed E-state index contributed by atoms with van der Waals surface area (Å²) in [6.07, 6.45) is 0. The van der Waals surface area contributed by atoms with Gasteiger partial charge >= 0.3 is 5.97 Å². The molecule has 0 radical (unpaired) electrons. The van der Waals surface area contributed by atoms with E-state index in [2.05, 4.69) is 4.84 Å². The molecule has 0 atom stereocenters. The lowest BCUT2D eigenvalue weighted by atomic mass is 10.2. The van der Waals surface area contributed by atoms with Crippen LogP contribution in [0.15, 0.2) is 48.5 Å². The summed E-state index contributed by atoms with van der Waals surface area (Å²) in [7, 11) is 0. The summed E-state index contributed by atoms with van der Waals surface area (Å²) in [5.74, 6) is -0.837. The molecule has 0 fully saturated rings. The fourth-order valence-electron chi connectivity index (χ4n) is 1.65. The van der Waals surface area contributed by atoms with Crippen LogP contribution in [-0.2, 0) is 11.4 Å². The number of hydrogen-bond acceptors (Lipinski definition) is 6. The highest BCUT2D eigenvalue weighted by Gasteiger charge is 2.15. The van der Waals surface area contributed by atoms with Crippen molar-refractivity contribution >= 4 is 5.97 Å². The summed E-state index contributed by atoms with van der Waals surface area (Å²) in [5.41, 5.74) is 0.348. The van der Waals surface area contributed by atoms with Crippen LogP contribution in [0.4, 0.5) is 0 Å². The third kappa shape index (κ3) is 3.69. The zero-order valence-electron chi connectivity index (χ0n) is 10.8. The molecule has 2 aromatic rings. The molecule has 1 N–H and O–H groups in total. The second-order valence-corrected chi connectivity index (χ2v) is 4.01. The van der Waals surface area contributed by atoms with E-state index in [0.717, 1.165) is 0 Å². The van der Waals surface area contributed by atoms with Crippen LogP contribution in [0.1, 0.15) is 15.9 Å². The standard InChI is InChI=1S/C14H11NO6/c16-12-7-3-2-6-11(12)14(17)21-13-8-4-1-5-10(13)9-20-15(18)19/h1-8,16H,9H2. The van der Waals surface area contributed by atoms with E-state index in [1.165, 1.54) is 24.3 Å². The number of carbonyl (C=O) groups is 1. The van der Waals surface area contributed by atoms with Crippen molar-refractivity contribution in [3.8, 4) is 11.5 Å². The molecule has 2 aromatic carbocycles. The first kappa shape index (κ1) is 14.3. The molecule has 0 bridgehead atoms. The predicted molar refractivity (Wildman–Crippen MR) is 71.3 cm³/mol. The predicted octanol–water partition coefficient (Wildman–Crippen LogP) is 2.32. The SMILES string of the molecule is O=C(Oc1ccccc1CO[N+](=O)[O-])c1ccccc1O. The molecule has 0 spiro atoms. The van der Waals surface area contributed by atoms with Crippen molar-refractivity contribution in [2.45, 2.75) is 6.61 Å². The van der Waals surface area contributed by atoms with Crippen LogP contribution in [0.25, 0.3) is 0 Å². The second-order valence-electron chi connectivity index (χ2n) is 4.01. The maximum Gasteiger partial charge on any atom is 0.347 e. The molecule has 0 unspecified atom stereocenters. The lowest BCUT2D eigenvalue weighted by Crippen LogP contribution is -2.11. The summed E-state index contributed by atoms with van der Waals surface area (Å²) in [4.78, 5) is 26.4. The van der Waals surface area contributed by atoms with E-state index in [-0.39, 0.29) is 23.7 Å². The van der Waals surface area contributed by atoms with Crippen molar-refractivity contribution in [1.82, 2.24) is 0 Å². The zero-order chi connectivity index (χ0) is 15.2. The first-order chi connectivity index (χ1) is 10.1. The fourth-order valence-corrected chi connectivity index (χ4v) is 1.65. The van der Waals surface area contributed by atoms with Gasteiger partial charge < -0.3 is 14.7 Å². The molecule has 0 aliphatic rings. The van der Waals surface area contributed by atoms with Crippen LogP contribution < -0.4 is 4.74 Å². The van der Waals surface area contributed by atoms with Crippen LogP contribution in [0.5, 0.6) is 11.5 Å². The van der Waals surface area contributed by atoms with Crippen LogP contribution in [-0.4, -0.2) is 16.2 Å². The minimum Gasteiger partial charge on any atom is -0.507 e. The van der Waals surface area contributed by atoms with Crippen molar-refractivity contribution in [3.05, 3.63) is 69.8 Å². The maximum atomic E-state index is 12.0. The Morgan fingerprint density at radius 1 is 1.14 bits per heavy atom. The molecule has 0 heterocycles. The Bertz CT molecular complexity index is 670. The lowest BCUT2D eigenvalue weighted by molar-refractivity contribution is -0.763. The maximum absolute atomic E-state index is 12.0. The minimum atomic E-state index is -0.929. The van der Waals surface area contributed by atoms with E-state index in [0.29, 0.717) is 5.56 Å².